The van der Waals surface area contributed by atoms with E-state index in [1.807, 2.05) is 110 Å². The van der Waals surface area contributed by atoms with Crippen molar-refractivity contribution in [2.45, 2.75) is 160 Å². The van der Waals surface area contributed by atoms with Crippen molar-refractivity contribution in [1.82, 2.24) is 0 Å². The molecule has 4 aliphatic rings. The van der Waals surface area contributed by atoms with Crippen molar-refractivity contribution in [3.05, 3.63) is 139 Å². The van der Waals surface area contributed by atoms with Crippen LogP contribution in [0.3, 0.4) is 0 Å². The molecule has 0 aromatic heterocycles. The summed E-state index contributed by atoms with van der Waals surface area (Å²) >= 11 is 0. The molecule has 0 aliphatic heterocycles. The van der Waals surface area contributed by atoms with Gasteiger partial charge in [0.1, 0.15) is 5.75 Å². The lowest BCUT2D eigenvalue weighted by atomic mass is 9.95. The molecule has 6 aromatic carbocycles. The maximum Gasteiger partial charge on any atom is 0.141 e. The molecule has 9 nitrogen and oxygen atoms in total. The Hall–Kier alpha value is -5.32. The Balaban J connectivity index is 0.000000205. The quantitative estimate of drug-likeness (QED) is 0.0580. The molecule has 0 bridgehead atoms. The summed E-state index contributed by atoms with van der Waals surface area (Å²) in [5, 5.41) is 4.77. The molecule has 0 heterocycles. The first-order valence-corrected chi connectivity index (χ1v) is 25.2. The minimum absolute atomic E-state index is 0.519. The van der Waals surface area contributed by atoms with Gasteiger partial charge in [-0.15, -0.1) is 0 Å². The fraction of sp³-hybridized carbons (Fsp3) is 0.448. The number of aryl methyl sites for hydroxylation is 1. The second-order valence-corrected chi connectivity index (χ2v) is 18.4. The van der Waals surface area contributed by atoms with Gasteiger partial charge in [0, 0.05) is 46.6 Å². The maximum absolute atomic E-state index is 5.80. The molecule has 4 saturated carbocycles. The molecule has 0 spiro atoms. The summed E-state index contributed by atoms with van der Waals surface area (Å²) in [7, 11) is 1.60. The minimum Gasteiger partial charge on any atom is -0.495 e. The van der Waals surface area contributed by atoms with Gasteiger partial charge in [-0.3, -0.25) is 0 Å². The Bertz CT molecular complexity index is 2120. The number of nitrogens with two attached hydrogens (primary N) is 8. The summed E-state index contributed by atoms with van der Waals surface area (Å²) in [6, 6.07) is 45.5. The second kappa shape index (κ2) is 34.0. The van der Waals surface area contributed by atoms with Gasteiger partial charge in [0.05, 0.1) is 12.8 Å². The van der Waals surface area contributed by atoms with E-state index >= 15 is 0 Å². The monoisotopic (exact) mass is 913 g/mol. The van der Waals surface area contributed by atoms with Crippen LogP contribution in [0.5, 0.6) is 5.75 Å². The average molecular weight is 913 g/mol. The summed E-state index contributed by atoms with van der Waals surface area (Å²) < 4.78 is 4.92. The first kappa shape index (κ1) is 56.0. The third-order valence-electron chi connectivity index (χ3n) is 12.4. The van der Waals surface area contributed by atoms with E-state index in [4.69, 9.17) is 50.6 Å². The molecule has 0 saturated heterocycles. The van der Waals surface area contributed by atoms with E-state index in [0.29, 0.717) is 29.9 Å². The normalized spacial score (nSPS) is 16.2. The Morgan fingerprint density at radius 2 is 0.761 bits per heavy atom. The van der Waals surface area contributed by atoms with Crippen LogP contribution in [0.2, 0.25) is 0 Å². The first-order chi connectivity index (χ1) is 32.4. The molecule has 0 radical (unpaired) electrons. The van der Waals surface area contributed by atoms with E-state index < -0.39 is 0 Å². The minimum atomic E-state index is 0.519. The number of methoxy groups -OCH3 is 1. The predicted molar refractivity (Wildman–Crippen MR) is 294 cm³/mol. The smallest absolute Gasteiger partial charge is 0.141 e. The fourth-order valence-corrected chi connectivity index (χ4v) is 7.99. The Labute approximate surface area is 404 Å². The van der Waals surface area contributed by atoms with Gasteiger partial charge in [-0.1, -0.05) is 168 Å². The number of nitrogen functional groups attached to an aromatic ring is 4. The molecule has 0 amide bonds. The van der Waals surface area contributed by atoms with Crippen LogP contribution < -0.4 is 50.6 Å². The Morgan fingerprint density at radius 1 is 0.358 bits per heavy atom. The van der Waals surface area contributed by atoms with Gasteiger partial charge >= 0.3 is 0 Å². The van der Waals surface area contributed by atoms with Gasteiger partial charge in [0.2, 0.25) is 0 Å². The van der Waals surface area contributed by atoms with E-state index in [2.05, 4.69) is 24.3 Å². The number of hydrogen-bond acceptors (Lipinski definition) is 9. The summed E-state index contributed by atoms with van der Waals surface area (Å²) in [4.78, 5) is 0. The fourth-order valence-electron chi connectivity index (χ4n) is 7.99. The molecule has 67 heavy (non-hydrogen) atoms. The lowest BCUT2D eigenvalue weighted by molar-refractivity contribution is 0.417. The highest BCUT2D eigenvalue weighted by Gasteiger charge is 2.10. The van der Waals surface area contributed by atoms with Crippen molar-refractivity contribution in [3.8, 4) is 5.75 Å². The van der Waals surface area contributed by atoms with Crippen LogP contribution in [0.4, 0.5) is 22.7 Å². The van der Waals surface area contributed by atoms with E-state index in [9.17, 15) is 0 Å². The average Bonchev–Trinajstić information content (AvgIpc) is 3.67. The maximum atomic E-state index is 5.80. The Morgan fingerprint density at radius 3 is 1.21 bits per heavy atom. The highest BCUT2D eigenvalue weighted by Crippen LogP contribution is 2.21. The van der Waals surface area contributed by atoms with Gasteiger partial charge in [-0.2, -0.15) is 0 Å². The molecule has 0 unspecified atom stereocenters. The van der Waals surface area contributed by atoms with Gasteiger partial charge in [0.25, 0.3) is 0 Å². The van der Waals surface area contributed by atoms with Gasteiger partial charge in [0.15, 0.2) is 0 Å². The van der Waals surface area contributed by atoms with Crippen molar-refractivity contribution < 1.29 is 4.74 Å². The standard InChI is InChI=1S/2C10H9N.C8H17N.C7H9NO.C7H9N.C7H15N.C5H11N.C4H9N/c11-10-7-3-5-8-4-1-2-6-9(8)10;11-10-6-5-8-3-1-2-4-9(8)7-10;9-8-6-4-2-1-3-5-7-8;1-9-7-5-3-2-4-6(7)8;1-6-3-2-4-7(8)5-6;8-7-5-3-1-2-4-6-7;6-5-3-1-2-4-5;5-4-2-1-3-4/h2*1-7H,11H2;8H,1-7,9H2;2-5H,8H2,1H3;2-5H,8H2,1H3;7H,1-6,8H2;5H,1-4,6H2;4H,1-3,5H2. The molecule has 4 fully saturated rings. The van der Waals surface area contributed by atoms with Crippen LogP contribution in [0.15, 0.2) is 133 Å². The summed E-state index contributed by atoms with van der Waals surface area (Å²) in [6.07, 6.45) is 26.7. The van der Waals surface area contributed by atoms with Gasteiger partial charge < -0.3 is 50.6 Å². The lowest BCUT2D eigenvalue weighted by Crippen LogP contribution is -2.27. The van der Waals surface area contributed by atoms with Crippen molar-refractivity contribution >= 4 is 44.3 Å². The van der Waals surface area contributed by atoms with Crippen molar-refractivity contribution in [3.63, 3.8) is 0 Å². The molecule has 366 valence electrons. The summed E-state index contributed by atoms with van der Waals surface area (Å²) in [6.45, 7) is 2.02. The molecule has 16 N–H and O–H groups in total. The SMILES string of the molecule is COc1ccccc1N.Cc1cccc(N)c1.NC1CCC1.NC1CCCC1.NC1CCCCCC1.NC1CCCCCCC1.Nc1ccc2ccccc2c1.Nc1cccc2ccccc12. The highest BCUT2D eigenvalue weighted by atomic mass is 16.5. The van der Waals surface area contributed by atoms with E-state index in [1.165, 1.54) is 150 Å². The van der Waals surface area contributed by atoms with Crippen molar-refractivity contribution in [1.29, 1.82) is 0 Å². The number of ether oxygens (including phenoxy) is 1. The molecular formula is C58H88N8O. The second-order valence-electron chi connectivity index (χ2n) is 18.4. The van der Waals surface area contributed by atoms with Crippen LogP contribution in [0.25, 0.3) is 21.5 Å². The Kier molecular flexibility index (Phi) is 28.5. The van der Waals surface area contributed by atoms with Gasteiger partial charge in [-0.25, -0.2) is 0 Å². The number of hydrogen-bond donors (Lipinski definition) is 8. The van der Waals surface area contributed by atoms with Crippen LogP contribution in [0.1, 0.15) is 134 Å². The first-order valence-electron chi connectivity index (χ1n) is 25.2. The van der Waals surface area contributed by atoms with Crippen LogP contribution in [-0.2, 0) is 0 Å². The lowest BCUT2D eigenvalue weighted by Gasteiger charge is -2.18. The third-order valence-corrected chi connectivity index (χ3v) is 12.4. The summed E-state index contributed by atoms with van der Waals surface area (Å²) in [5.41, 5.74) is 49.2. The number of anilines is 4. The molecule has 10 rings (SSSR count). The zero-order chi connectivity index (χ0) is 48.5. The van der Waals surface area contributed by atoms with Crippen LogP contribution in [-0.4, -0.2) is 31.3 Å². The molecular weight excluding hydrogens is 825 g/mol. The van der Waals surface area contributed by atoms with Gasteiger partial charge in [-0.05, 0) is 122 Å². The number of fused-ring (bicyclic) bond motifs is 2. The molecule has 0 atom stereocenters. The van der Waals surface area contributed by atoms with Crippen molar-refractivity contribution in [2.24, 2.45) is 22.9 Å². The largest absolute Gasteiger partial charge is 0.495 e. The number of rotatable bonds is 1. The topological polar surface area (TPSA) is 217 Å². The van der Waals surface area contributed by atoms with E-state index in [1.54, 1.807) is 13.2 Å². The zero-order valence-electron chi connectivity index (χ0n) is 41.2. The zero-order valence-corrected chi connectivity index (χ0v) is 41.2. The summed E-state index contributed by atoms with van der Waals surface area (Å²) in [5.74, 6) is 0.734. The number of para-hydroxylation sites is 2. The molecule has 4 aliphatic carbocycles. The van der Waals surface area contributed by atoms with E-state index in [0.717, 1.165) is 28.2 Å². The predicted octanol–water partition coefficient (Wildman–Crippen LogP) is 12.8. The highest BCUT2D eigenvalue weighted by molar-refractivity contribution is 5.92. The van der Waals surface area contributed by atoms with E-state index in [-0.39, 0.29) is 0 Å². The van der Waals surface area contributed by atoms with Crippen LogP contribution in [0, 0.1) is 6.92 Å². The number of benzene rings is 6. The third kappa shape index (κ3) is 25.4. The molecule has 9 heteroatoms. The van der Waals surface area contributed by atoms with Crippen molar-refractivity contribution in [2.75, 3.05) is 30.0 Å². The van der Waals surface area contributed by atoms with Crippen LogP contribution >= 0.6 is 0 Å². The molecule has 6 aromatic rings.